The zero-order valence-corrected chi connectivity index (χ0v) is 13.8. The molecular formula is C18H21N5O. The summed E-state index contributed by atoms with van der Waals surface area (Å²) in [6.07, 6.45) is 7.61. The summed E-state index contributed by atoms with van der Waals surface area (Å²) in [5, 5.41) is 0. The van der Waals surface area contributed by atoms with E-state index in [9.17, 15) is 4.79 Å². The molecule has 6 nitrogen and oxygen atoms in total. The molecule has 0 bridgehead atoms. The Bertz CT molecular complexity index is 857. The van der Waals surface area contributed by atoms with E-state index in [1.54, 1.807) is 6.33 Å². The quantitative estimate of drug-likeness (QED) is 0.806. The van der Waals surface area contributed by atoms with Crippen LogP contribution < -0.4 is 0 Å². The van der Waals surface area contributed by atoms with Gasteiger partial charge in [-0.2, -0.15) is 0 Å². The molecule has 0 atom stereocenters. The predicted octanol–water partition coefficient (Wildman–Crippen LogP) is 2.62. The molecule has 0 spiro atoms. The number of aryl methyl sites for hydroxylation is 1. The van der Waals surface area contributed by atoms with Crippen LogP contribution >= 0.6 is 0 Å². The van der Waals surface area contributed by atoms with Crippen molar-refractivity contribution in [2.24, 2.45) is 5.92 Å². The number of hydrogen-bond donors (Lipinski definition) is 1. The number of carbonyl (C=O) groups is 1. The number of nitrogens with one attached hydrogen (secondary N) is 1. The standard InChI is InChI=1S/C18H21N5O/c1-13-19-6-9-23(13)11-14-4-7-22(8-5-14)18(24)15-2-3-16-17(10-15)21-12-20-16/h2-3,6,9-10,12,14H,4-5,7-8,11H2,1H3,(H,20,21). The van der Waals surface area contributed by atoms with Crippen LogP contribution in [0.4, 0.5) is 0 Å². The van der Waals surface area contributed by atoms with E-state index in [2.05, 4.69) is 19.5 Å². The molecule has 0 radical (unpaired) electrons. The number of nitrogens with zero attached hydrogens (tertiary/aromatic N) is 4. The van der Waals surface area contributed by atoms with Crippen LogP contribution in [0.5, 0.6) is 0 Å². The molecule has 0 saturated carbocycles. The van der Waals surface area contributed by atoms with E-state index in [1.165, 1.54) is 0 Å². The number of benzene rings is 1. The number of imidazole rings is 2. The first-order valence-electron chi connectivity index (χ1n) is 8.41. The van der Waals surface area contributed by atoms with Gasteiger partial charge in [0.2, 0.25) is 0 Å². The molecule has 124 valence electrons. The van der Waals surface area contributed by atoms with Crippen LogP contribution in [0.25, 0.3) is 11.0 Å². The van der Waals surface area contributed by atoms with Crippen LogP contribution in [0.15, 0.2) is 36.9 Å². The molecule has 3 heterocycles. The summed E-state index contributed by atoms with van der Waals surface area (Å²) in [5.74, 6) is 1.78. The lowest BCUT2D eigenvalue weighted by molar-refractivity contribution is 0.0682. The Kier molecular flexibility index (Phi) is 3.80. The second-order valence-electron chi connectivity index (χ2n) is 6.50. The number of aromatic nitrogens is 4. The normalized spacial score (nSPS) is 16.0. The molecule has 1 fully saturated rings. The molecule has 1 aliphatic rings. The zero-order valence-electron chi connectivity index (χ0n) is 13.8. The number of H-pyrrole nitrogens is 1. The second-order valence-corrected chi connectivity index (χ2v) is 6.50. The minimum Gasteiger partial charge on any atom is -0.345 e. The molecule has 1 aliphatic heterocycles. The Morgan fingerprint density at radius 3 is 2.88 bits per heavy atom. The first-order chi connectivity index (χ1) is 11.7. The number of likely N-dealkylation sites (tertiary alicyclic amines) is 1. The van der Waals surface area contributed by atoms with E-state index in [-0.39, 0.29) is 5.91 Å². The van der Waals surface area contributed by atoms with Crippen molar-refractivity contribution < 1.29 is 4.79 Å². The number of rotatable bonds is 3. The Morgan fingerprint density at radius 1 is 1.29 bits per heavy atom. The molecule has 1 saturated heterocycles. The van der Waals surface area contributed by atoms with Gasteiger partial charge in [-0.3, -0.25) is 4.79 Å². The summed E-state index contributed by atoms with van der Waals surface area (Å²) in [4.78, 5) is 26.2. The fourth-order valence-electron chi connectivity index (χ4n) is 3.44. The lowest BCUT2D eigenvalue weighted by Crippen LogP contribution is -2.39. The van der Waals surface area contributed by atoms with Crippen molar-refractivity contribution in [1.29, 1.82) is 0 Å². The van der Waals surface area contributed by atoms with Gasteiger partial charge < -0.3 is 14.5 Å². The van der Waals surface area contributed by atoms with Gasteiger partial charge in [-0.25, -0.2) is 9.97 Å². The van der Waals surface area contributed by atoms with Crippen LogP contribution in [0.1, 0.15) is 29.0 Å². The average Bonchev–Trinajstić information content (AvgIpc) is 3.23. The van der Waals surface area contributed by atoms with Crippen LogP contribution in [0.2, 0.25) is 0 Å². The first-order valence-corrected chi connectivity index (χ1v) is 8.41. The van der Waals surface area contributed by atoms with Gasteiger partial charge in [0.25, 0.3) is 5.91 Å². The smallest absolute Gasteiger partial charge is 0.253 e. The fraction of sp³-hybridized carbons (Fsp3) is 0.389. The number of hydrogen-bond acceptors (Lipinski definition) is 3. The maximum absolute atomic E-state index is 12.7. The predicted molar refractivity (Wildman–Crippen MR) is 91.7 cm³/mol. The average molecular weight is 323 g/mol. The van der Waals surface area contributed by atoms with Gasteiger partial charge in [0.15, 0.2) is 0 Å². The third kappa shape index (κ3) is 2.79. The fourth-order valence-corrected chi connectivity index (χ4v) is 3.44. The number of amides is 1. The third-order valence-corrected chi connectivity index (χ3v) is 4.95. The van der Waals surface area contributed by atoms with E-state index in [0.29, 0.717) is 5.92 Å². The Labute approximate surface area is 140 Å². The van der Waals surface area contributed by atoms with Gasteiger partial charge in [-0.05, 0) is 43.9 Å². The van der Waals surface area contributed by atoms with Gasteiger partial charge >= 0.3 is 0 Å². The molecule has 2 aromatic heterocycles. The third-order valence-electron chi connectivity index (χ3n) is 4.95. The largest absolute Gasteiger partial charge is 0.345 e. The lowest BCUT2D eigenvalue weighted by atomic mass is 9.96. The highest BCUT2D eigenvalue weighted by Crippen LogP contribution is 2.22. The summed E-state index contributed by atoms with van der Waals surface area (Å²) in [7, 11) is 0. The summed E-state index contributed by atoms with van der Waals surface area (Å²) >= 11 is 0. The lowest BCUT2D eigenvalue weighted by Gasteiger charge is -2.32. The second kappa shape index (κ2) is 6.11. The van der Waals surface area contributed by atoms with Crippen molar-refractivity contribution in [3.63, 3.8) is 0 Å². The molecule has 0 aliphatic carbocycles. The van der Waals surface area contributed by atoms with Crippen molar-refractivity contribution in [2.75, 3.05) is 13.1 Å². The molecule has 1 aromatic carbocycles. The molecule has 1 N–H and O–H groups in total. The van der Waals surface area contributed by atoms with Gasteiger partial charge in [-0.15, -0.1) is 0 Å². The van der Waals surface area contributed by atoms with Crippen LogP contribution in [-0.4, -0.2) is 43.4 Å². The van der Waals surface area contributed by atoms with Gasteiger partial charge in [-0.1, -0.05) is 0 Å². The minimum absolute atomic E-state index is 0.115. The maximum Gasteiger partial charge on any atom is 0.253 e. The molecule has 0 unspecified atom stereocenters. The van der Waals surface area contributed by atoms with E-state index in [4.69, 9.17) is 0 Å². The van der Waals surface area contributed by atoms with Gasteiger partial charge in [0.1, 0.15) is 5.82 Å². The SMILES string of the molecule is Cc1nccn1CC1CCN(C(=O)c2ccc3nc[nH]c3c2)CC1. The number of carbonyl (C=O) groups excluding carboxylic acids is 1. The highest BCUT2D eigenvalue weighted by Gasteiger charge is 2.24. The molecule has 4 rings (SSSR count). The Hall–Kier alpha value is -2.63. The van der Waals surface area contributed by atoms with Crippen molar-refractivity contribution in [2.45, 2.75) is 26.3 Å². The van der Waals surface area contributed by atoms with Crippen LogP contribution in [0.3, 0.4) is 0 Å². The molecule has 6 heteroatoms. The summed E-state index contributed by atoms with van der Waals surface area (Å²) in [6, 6.07) is 5.66. The molecule has 24 heavy (non-hydrogen) atoms. The summed E-state index contributed by atoms with van der Waals surface area (Å²) < 4.78 is 2.20. The van der Waals surface area contributed by atoms with Gasteiger partial charge in [0, 0.05) is 37.6 Å². The van der Waals surface area contributed by atoms with Crippen molar-refractivity contribution in [1.82, 2.24) is 24.4 Å². The number of aromatic amines is 1. The van der Waals surface area contributed by atoms with Crippen molar-refractivity contribution in [3.8, 4) is 0 Å². The van der Waals surface area contributed by atoms with Gasteiger partial charge in [0.05, 0.1) is 17.4 Å². The van der Waals surface area contributed by atoms with E-state index in [1.807, 2.05) is 42.4 Å². The van der Waals surface area contributed by atoms with Crippen LogP contribution in [0, 0.1) is 12.8 Å². The summed E-state index contributed by atoms with van der Waals surface area (Å²) in [6.45, 7) is 4.66. The Morgan fingerprint density at radius 2 is 2.12 bits per heavy atom. The number of piperidine rings is 1. The number of fused-ring (bicyclic) bond motifs is 1. The van der Waals surface area contributed by atoms with E-state index < -0.39 is 0 Å². The highest BCUT2D eigenvalue weighted by molar-refractivity contribution is 5.97. The van der Waals surface area contributed by atoms with E-state index >= 15 is 0 Å². The molecule has 3 aromatic rings. The molecular weight excluding hydrogens is 302 g/mol. The Balaban J connectivity index is 1.39. The first kappa shape index (κ1) is 14.9. The van der Waals surface area contributed by atoms with Crippen molar-refractivity contribution >= 4 is 16.9 Å². The van der Waals surface area contributed by atoms with E-state index in [0.717, 1.165) is 54.9 Å². The van der Waals surface area contributed by atoms with Crippen LogP contribution in [-0.2, 0) is 6.54 Å². The molecule has 1 amide bonds. The topological polar surface area (TPSA) is 66.8 Å². The highest BCUT2D eigenvalue weighted by atomic mass is 16.2. The maximum atomic E-state index is 12.7. The monoisotopic (exact) mass is 323 g/mol. The summed E-state index contributed by atoms with van der Waals surface area (Å²) in [5.41, 5.74) is 2.53. The zero-order chi connectivity index (χ0) is 16.5. The minimum atomic E-state index is 0.115. The van der Waals surface area contributed by atoms with Crippen molar-refractivity contribution in [3.05, 3.63) is 48.3 Å².